The van der Waals surface area contributed by atoms with Crippen molar-refractivity contribution in [3.05, 3.63) is 11.3 Å². The van der Waals surface area contributed by atoms with Crippen molar-refractivity contribution in [1.82, 2.24) is 14.7 Å². The number of alkyl halides is 3. The molecule has 1 aliphatic heterocycles. The molecule has 0 bridgehead atoms. The van der Waals surface area contributed by atoms with Gasteiger partial charge in [-0.2, -0.15) is 18.3 Å². The van der Waals surface area contributed by atoms with Gasteiger partial charge in [-0.3, -0.25) is 15.0 Å². The molecule has 0 amide bonds. The van der Waals surface area contributed by atoms with Crippen LogP contribution in [0.2, 0.25) is 0 Å². The Morgan fingerprint density at radius 2 is 1.86 bits per heavy atom. The monoisotopic (exact) mass is 304 g/mol. The van der Waals surface area contributed by atoms with E-state index in [0.29, 0.717) is 43.3 Å². The molecule has 1 aromatic heterocycles. The summed E-state index contributed by atoms with van der Waals surface area (Å²) in [7, 11) is 1.75. The number of aromatic nitrogens is 2. The first-order valence-corrected chi connectivity index (χ1v) is 6.61. The van der Waals surface area contributed by atoms with Crippen molar-refractivity contribution < 1.29 is 13.2 Å². The minimum atomic E-state index is -4.17. The van der Waals surface area contributed by atoms with Crippen LogP contribution in [0.1, 0.15) is 11.3 Å². The molecular weight excluding hydrogens is 285 g/mol. The number of rotatable bonds is 3. The van der Waals surface area contributed by atoms with Crippen LogP contribution in [0.15, 0.2) is 0 Å². The molecule has 6 nitrogen and oxygen atoms in total. The van der Waals surface area contributed by atoms with Gasteiger partial charge in [0.25, 0.3) is 0 Å². The van der Waals surface area contributed by atoms with E-state index in [-0.39, 0.29) is 5.84 Å². The van der Waals surface area contributed by atoms with E-state index in [1.807, 2.05) is 4.90 Å². The maximum Gasteiger partial charge on any atom is 0.401 e. The number of nitrogens with one attached hydrogen (secondary N) is 1. The molecule has 1 aliphatic rings. The summed E-state index contributed by atoms with van der Waals surface area (Å²) >= 11 is 0. The number of nitrogens with zero attached hydrogens (tertiary/aromatic N) is 4. The third-order valence-corrected chi connectivity index (χ3v) is 3.54. The number of nitrogens with two attached hydrogens (primary N) is 1. The van der Waals surface area contributed by atoms with Gasteiger partial charge in [0.05, 0.1) is 17.8 Å². The van der Waals surface area contributed by atoms with E-state index in [0.717, 1.165) is 0 Å². The molecule has 0 aliphatic carbocycles. The summed E-state index contributed by atoms with van der Waals surface area (Å²) in [5.41, 5.74) is 6.80. The highest BCUT2D eigenvalue weighted by Crippen LogP contribution is 2.25. The van der Waals surface area contributed by atoms with Crippen molar-refractivity contribution in [1.29, 1.82) is 5.41 Å². The second-order valence-electron chi connectivity index (χ2n) is 5.20. The highest BCUT2D eigenvalue weighted by atomic mass is 19.4. The highest BCUT2D eigenvalue weighted by Gasteiger charge is 2.33. The van der Waals surface area contributed by atoms with E-state index in [9.17, 15) is 13.2 Å². The zero-order chi connectivity index (χ0) is 15.8. The average Bonchev–Trinajstić information content (AvgIpc) is 2.63. The van der Waals surface area contributed by atoms with Crippen LogP contribution in [0.3, 0.4) is 0 Å². The van der Waals surface area contributed by atoms with Gasteiger partial charge in [0, 0.05) is 33.2 Å². The zero-order valence-corrected chi connectivity index (χ0v) is 12.0. The van der Waals surface area contributed by atoms with Gasteiger partial charge >= 0.3 is 6.18 Å². The van der Waals surface area contributed by atoms with Crippen LogP contribution in [-0.2, 0) is 7.05 Å². The molecule has 1 fully saturated rings. The van der Waals surface area contributed by atoms with E-state index < -0.39 is 12.7 Å². The fourth-order valence-corrected chi connectivity index (χ4v) is 2.70. The molecule has 0 spiro atoms. The van der Waals surface area contributed by atoms with Crippen LogP contribution in [0.5, 0.6) is 0 Å². The Morgan fingerprint density at radius 1 is 1.29 bits per heavy atom. The number of nitrogen functional groups attached to an aromatic ring is 1. The van der Waals surface area contributed by atoms with E-state index in [1.54, 1.807) is 18.7 Å². The third kappa shape index (κ3) is 3.46. The molecule has 2 rings (SSSR count). The quantitative estimate of drug-likeness (QED) is 0.637. The van der Waals surface area contributed by atoms with Crippen molar-refractivity contribution in [3.8, 4) is 0 Å². The Balaban J connectivity index is 2.11. The van der Waals surface area contributed by atoms with Gasteiger partial charge in [-0.25, -0.2) is 0 Å². The van der Waals surface area contributed by atoms with Gasteiger partial charge in [0.15, 0.2) is 0 Å². The summed E-state index contributed by atoms with van der Waals surface area (Å²) in [5, 5.41) is 11.9. The van der Waals surface area contributed by atoms with Crippen LogP contribution in [0, 0.1) is 12.3 Å². The van der Waals surface area contributed by atoms with Gasteiger partial charge < -0.3 is 10.6 Å². The SMILES string of the molecule is Cc1nn(C)c(N2CCN(CC(F)(F)F)CC2)c1C(=N)N. The molecule has 1 aromatic rings. The first-order chi connectivity index (χ1) is 9.69. The Hall–Kier alpha value is -1.77. The molecule has 0 atom stereocenters. The molecule has 3 N–H and O–H groups in total. The van der Waals surface area contributed by atoms with E-state index in [4.69, 9.17) is 11.1 Å². The smallest absolute Gasteiger partial charge is 0.384 e. The number of piperazine rings is 1. The van der Waals surface area contributed by atoms with Crippen molar-refractivity contribution in [2.75, 3.05) is 37.6 Å². The minimum Gasteiger partial charge on any atom is -0.384 e. The number of anilines is 1. The number of amidine groups is 1. The lowest BCUT2D eigenvalue weighted by Gasteiger charge is -2.36. The van der Waals surface area contributed by atoms with Crippen LogP contribution in [0.25, 0.3) is 0 Å². The van der Waals surface area contributed by atoms with Gasteiger partial charge in [-0.05, 0) is 6.92 Å². The summed E-state index contributed by atoms with van der Waals surface area (Å²) < 4.78 is 38.8. The Labute approximate surface area is 120 Å². The summed E-state index contributed by atoms with van der Waals surface area (Å²) in [6.45, 7) is 2.43. The second kappa shape index (κ2) is 5.55. The molecule has 0 radical (unpaired) electrons. The molecule has 21 heavy (non-hydrogen) atoms. The van der Waals surface area contributed by atoms with Gasteiger partial charge in [-0.1, -0.05) is 0 Å². The van der Waals surface area contributed by atoms with Gasteiger partial charge in [0.1, 0.15) is 11.7 Å². The van der Waals surface area contributed by atoms with Crippen molar-refractivity contribution in [2.24, 2.45) is 12.8 Å². The number of hydrogen-bond donors (Lipinski definition) is 2. The lowest BCUT2D eigenvalue weighted by atomic mass is 10.2. The van der Waals surface area contributed by atoms with Crippen LogP contribution >= 0.6 is 0 Å². The van der Waals surface area contributed by atoms with E-state index in [1.165, 1.54) is 4.90 Å². The van der Waals surface area contributed by atoms with Crippen molar-refractivity contribution in [2.45, 2.75) is 13.1 Å². The zero-order valence-electron chi connectivity index (χ0n) is 12.0. The van der Waals surface area contributed by atoms with Gasteiger partial charge in [0.2, 0.25) is 0 Å². The standard InChI is InChI=1S/C12H19F3N6/c1-8-9(10(16)17)11(19(2)18-8)21-5-3-20(4-6-21)7-12(13,14)15/h3-7H2,1-2H3,(H3,16,17). The largest absolute Gasteiger partial charge is 0.401 e. The second-order valence-corrected chi connectivity index (χ2v) is 5.20. The van der Waals surface area contributed by atoms with Crippen LogP contribution in [-0.4, -0.2) is 59.4 Å². The molecular formula is C12H19F3N6. The Bertz CT molecular complexity index is 528. The highest BCUT2D eigenvalue weighted by molar-refractivity contribution is 6.00. The molecule has 1 saturated heterocycles. The Kier molecular flexibility index (Phi) is 4.13. The summed E-state index contributed by atoms with van der Waals surface area (Å²) in [5.74, 6) is 0.625. The molecule has 118 valence electrons. The maximum atomic E-state index is 12.4. The van der Waals surface area contributed by atoms with Crippen LogP contribution < -0.4 is 10.6 Å². The summed E-state index contributed by atoms with van der Waals surface area (Å²) in [4.78, 5) is 3.32. The lowest BCUT2D eigenvalue weighted by molar-refractivity contribution is -0.146. The normalized spacial score (nSPS) is 17.3. The fourth-order valence-electron chi connectivity index (χ4n) is 2.70. The van der Waals surface area contributed by atoms with Gasteiger partial charge in [-0.15, -0.1) is 0 Å². The minimum absolute atomic E-state index is 0.0756. The molecule has 9 heteroatoms. The first kappa shape index (κ1) is 15.6. The lowest BCUT2D eigenvalue weighted by Crippen LogP contribution is -2.50. The first-order valence-electron chi connectivity index (χ1n) is 6.61. The van der Waals surface area contributed by atoms with E-state index in [2.05, 4.69) is 5.10 Å². The number of hydrogen-bond acceptors (Lipinski definition) is 4. The molecule has 2 heterocycles. The van der Waals surface area contributed by atoms with Crippen LogP contribution in [0.4, 0.5) is 19.0 Å². The van der Waals surface area contributed by atoms with Crippen molar-refractivity contribution >= 4 is 11.7 Å². The predicted molar refractivity (Wildman–Crippen MR) is 73.7 cm³/mol. The molecule has 0 unspecified atom stereocenters. The number of aryl methyl sites for hydroxylation is 2. The average molecular weight is 304 g/mol. The topological polar surface area (TPSA) is 74.2 Å². The van der Waals surface area contributed by atoms with Crippen molar-refractivity contribution in [3.63, 3.8) is 0 Å². The predicted octanol–water partition coefficient (Wildman–Crippen LogP) is 0.697. The third-order valence-electron chi connectivity index (χ3n) is 3.54. The maximum absolute atomic E-state index is 12.4. The summed E-state index contributed by atoms with van der Waals surface area (Å²) in [6.07, 6.45) is -4.17. The Morgan fingerprint density at radius 3 is 2.33 bits per heavy atom. The van der Waals surface area contributed by atoms with E-state index >= 15 is 0 Å². The molecule has 0 aromatic carbocycles. The summed E-state index contributed by atoms with van der Waals surface area (Å²) in [6, 6.07) is 0. The number of halogens is 3. The fraction of sp³-hybridized carbons (Fsp3) is 0.667. The molecule has 0 saturated carbocycles.